The standard InChI is InChI=1S/C17H21NO3S/c1-18(2)10-3-4-11-21-14-7-5-13(6-8-14)16-15(17(19)20)9-12-22-16/h5-9,12H,3-4,10-11H2,1-2H3,(H,19,20). The van der Waals surface area contributed by atoms with Crippen molar-refractivity contribution in [3.8, 4) is 16.2 Å². The Kier molecular flexibility index (Phi) is 5.98. The van der Waals surface area contributed by atoms with E-state index < -0.39 is 5.97 Å². The van der Waals surface area contributed by atoms with Crippen molar-refractivity contribution in [2.75, 3.05) is 27.2 Å². The molecule has 4 nitrogen and oxygen atoms in total. The molecule has 0 saturated heterocycles. The molecule has 0 aliphatic rings. The summed E-state index contributed by atoms with van der Waals surface area (Å²) in [6.45, 7) is 1.77. The summed E-state index contributed by atoms with van der Waals surface area (Å²) in [6, 6.07) is 9.25. The van der Waals surface area contributed by atoms with E-state index in [1.54, 1.807) is 11.4 Å². The highest BCUT2D eigenvalue weighted by atomic mass is 32.1. The Balaban J connectivity index is 1.90. The zero-order chi connectivity index (χ0) is 15.9. The number of carboxylic acids is 1. The second-order valence-electron chi connectivity index (χ2n) is 5.35. The third kappa shape index (κ3) is 4.58. The average molecular weight is 319 g/mol. The summed E-state index contributed by atoms with van der Waals surface area (Å²) in [6.07, 6.45) is 2.14. The predicted molar refractivity (Wildman–Crippen MR) is 90.0 cm³/mol. The molecule has 2 aromatic rings. The summed E-state index contributed by atoms with van der Waals surface area (Å²) < 4.78 is 5.71. The number of aromatic carboxylic acids is 1. The lowest BCUT2D eigenvalue weighted by Gasteiger charge is -2.10. The maximum absolute atomic E-state index is 11.2. The number of ether oxygens (including phenoxy) is 1. The molecule has 22 heavy (non-hydrogen) atoms. The molecule has 0 atom stereocenters. The maximum Gasteiger partial charge on any atom is 0.337 e. The second kappa shape index (κ2) is 7.96. The monoisotopic (exact) mass is 319 g/mol. The van der Waals surface area contributed by atoms with Gasteiger partial charge >= 0.3 is 5.97 Å². The zero-order valence-electron chi connectivity index (χ0n) is 12.9. The van der Waals surface area contributed by atoms with Gasteiger partial charge in [0.1, 0.15) is 5.75 Å². The van der Waals surface area contributed by atoms with Gasteiger partial charge < -0.3 is 14.7 Å². The van der Waals surface area contributed by atoms with Crippen molar-refractivity contribution < 1.29 is 14.6 Å². The highest BCUT2D eigenvalue weighted by Crippen LogP contribution is 2.30. The Morgan fingerprint density at radius 2 is 1.91 bits per heavy atom. The number of unbranched alkanes of at least 4 members (excludes halogenated alkanes) is 1. The van der Waals surface area contributed by atoms with Gasteiger partial charge in [-0.15, -0.1) is 11.3 Å². The van der Waals surface area contributed by atoms with E-state index in [1.807, 2.05) is 24.3 Å². The van der Waals surface area contributed by atoms with E-state index in [-0.39, 0.29) is 0 Å². The molecule has 0 fully saturated rings. The molecule has 118 valence electrons. The van der Waals surface area contributed by atoms with Gasteiger partial charge in [-0.05, 0) is 74.8 Å². The van der Waals surface area contributed by atoms with Crippen LogP contribution in [-0.2, 0) is 0 Å². The molecule has 1 heterocycles. The molecule has 1 N–H and O–H groups in total. The minimum Gasteiger partial charge on any atom is -0.494 e. The number of thiophene rings is 1. The molecule has 0 bridgehead atoms. The van der Waals surface area contributed by atoms with Crippen LogP contribution in [0.2, 0.25) is 0 Å². The van der Waals surface area contributed by atoms with Crippen LogP contribution in [0.15, 0.2) is 35.7 Å². The SMILES string of the molecule is CN(C)CCCCOc1ccc(-c2sccc2C(=O)O)cc1. The van der Waals surface area contributed by atoms with E-state index in [1.165, 1.54) is 11.3 Å². The van der Waals surface area contributed by atoms with Crippen LogP contribution in [0.3, 0.4) is 0 Å². The minimum atomic E-state index is -0.891. The maximum atomic E-state index is 11.2. The zero-order valence-corrected chi connectivity index (χ0v) is 13.7. The fourth-order valence-corrected chi connectivity index (χ4v) is 3.02. The van der Waals surface area contributed by atoms with E-state index in [4.69, 9.17) is 9.84 Å². The molecule has 0 unspecified atom stereocenters. The van der Waals surface area contributed by atoms with Gasteiger partial charge in [0.15, 0.2) is 0 Å². The number of hydrogen-bond donors (Lipinski definition) is 1. The van der Waals surface area contributed by atoms with Crippen molar-refractivity contribution in [3.63, 3.8) is 0 Å². The number of hydrogen-bond acceptors (Lipinski definition) is 4. The van der Waals surface area contributed by atoms with Crippen LogP contribution >= 0.6 is 11.3 Å². The third-order valence-corrected chi connectivity index (χ3v) is 4.24. The lowest BCUT2D eigenvalue weighted by atomic mass is 10.1. The summed E-state index contributed by atoms with van der Waals surface area (Å²) in [5.74, 6) is -0.0699. The number of rotatable bonds is 8. The number of benzene rings is 1. The van der Waals surface area contributed by atoms with E-state index >= 15 is 0 Å². The van der Waals surface area contributed by atoms with Gasteiger partial charge in [-0.25, -0.2) is 4.79 Å². The highest BCUT2D eigenvalue weighted by molar-refractivity contribution is 7.14. The Hall–Kier alpha value is -1.85. The first-order valence-corrected chi connectivity index (χ1v) is 8.14. The Morgan fingerprint density at radius 3 is 2.55 bits per heavy atom. The Morgan fingerprint density at radius 1 is 1.18 bits per heavy atom. The van der Waals surface area contributed by atoms with Gasteiger partial charge in [0.25, 0.3) is 0 Å². The van der Waals surface area contributed by atoms with Crippen molar-refractivity contribution in [2.45, 2.75) is 12.8 Å². The summed E-state index contributed by atoms with van der Waals surface area (Å²) in [7, 11) is 4.13. The average Bonchev–Trinajstić information content (AvgIpc) is 2.97. The lowest BCUT2D eigenvalue weighted by Crippen LogP contribution is -2.13. The topological polar surface area (TPSA) is 49.8 Å². The van der Waals surface area contributed by atoms with Crippen LogP contribution in [0.1, 0.15) is 23.2 Å². The van der Waals surface area contributed by atoms with Gasteiger partial charge in [0, 0.05) is 4.88 Å². The van der Waals surface area contributed by atoms with Crippen LogP contribution < -0.4 is 4.74 Å². The molecule has 1 aromatic carbocycles. The number of carbonyl (C=O) groups is 1. The molecule has 0 radical (unpaired) electrons. The predicted octanol–water partition coefficient (Wildman–Crippen LogP) is 3.83. The van der Waals surface area contributed by atoms with Gasteiger partial charge in [0.05, 0.1) is 12.2 Å². The quantitative estimate of drug-likeness (QED) is 0.751. The molecule has 0 amide bonds. The van der Waals surface area contributed by atoms with E-state index in [0.29, 0.717) is 12.2 Å². The van der Waals surface area contributed by atoms with E-state index in [2.05, 4.69) is 19.0 Å². The Bertz CT molecular complexity index is 605. The lowest BCUT2D eigenvalue weighted by molar-refractivity contribution is 0.0698. The van der Waals surface area contributed by atoms with Crippen molar-refractivity contribution in [1.82, 2.24) is 4.90 Å². The van der Waals surface area contributed by atoms with Crippen LogP contribution in [0.4, 0.5) is 0 Å². The van der Waals surface area contributed by atoms with E-state index in [0.717, 1.165) is 35.6 Å². The third-order valence-electron chi connectivity index (χ3n) is 3.28. The number of nitrogens with zero attached hydrogens (tertiary/aromatic N) is 1. The van der Waals surface area contributed by atoms with Gasteiger partial charge in [-0.3, -0.25) is 0 Å². The van der Waals surface area contributed by atoms with Crippen molar-refractivity contribution in [3.05, 3.63) is 41.3 Å². The summed E-state index contributed by atoms with van der Waals surface area (Å²) in [5, 5.41) is 11.0. The second-order valence-corrected chi connectivity index (χ2v) is 6.27. The molecule has 0 saturated carbocycles. The van der Waals surface area contributed by atoms with Gasteiger partial charge in [-0.2, -0.15) is 0 Å². The summed E-state index contributed by atoms with van der Waals surface area (Å²) in [4.78, 5) is 14.1. The van der Waals surface area contributed by atoms with E-state index in [9.17, 15) is 4.79 Å². The molecule has 0 aliphatic heterocycles. The highest BCUT2D eigenvalue weighted by Gasteiger charge is 2.12. The van der Waals surface area contributed by atoms with Crippen molar-refractivity contribution >= 4 is 17.3 Å². The van der Waals surface area contributed by atoms with Crippen molar-refractivity contribution in [2.24, 2.45) is 0 Å². The van der Waals surface area contributed by atoms with Crippen LogP contribution in [0.5, 0.6) is 5.75 Å². The molecule has 2 rings (SSSR count). The molecular weight excluding hydrogens is 298 g/mol. The van der Waals surface area contributed by atoms with Crippen LogP contribution in [-0.4, -0.2) is 43.2 Å². The first-order valence-electron chi connectivity index (χ1n) is 7.26. The fraction of sp³-hybridized carbons (Fsp3) is 0.353. The largest absolute Gasteiger partial charge is 0.494 e. The molecular formula is C17H21NO3S. The first kappa shape index (κ1) is 16.5. The fourth-order valence-electron chi connectivity index (χ4n) is 2.12. The van der Waals surface area contributed by atoms with Gasteiger partial charge in [0.2, 0.25) is 0 Å². The summed E-state index contributed by atoms with van der Waals surface area (Å²) in [5.41, 5.74) is 1.26. The molecule has 0 aliphatic carbocycles. The normalized spacial score (nSPS) is 10.9. The van der Waals surface area contributed by atoms with Crippen LogP contribution in [0, 0.1) is 0 Å². The smallest absolute Gasteiger partial charge is 0.337 e. The minimum absolute atomic E-state index is 0.349. The Labute approximate surface area is 135 Å². The molecule has 5 heteroatoms. The van der Waals surface area contributed by atoms with Crippen LogP contribution in [0.25, 0.3) is 10.4 Å². The molecule has 1 aromatic heterocycles. The number of carboxylic acid groups (broad SMARTS) is 1. The summed E-state index contributed by atoms with van der Waals surface area (Å²) >= 11 is 1.44. The van der Waals surface area contributed by atoms with Crippen molar-refractivity contribution in [1.29, 1.82) is 0 Å². The van der Waals surface area contributed by atoms with Gasteiger partial charge in [-0.1, -0.05) is 0 Å². The molecule has 0 spiro atoms. The first-order chi connectivity index (χ1) is 10.6.